The second-order valence-electron chi connectivity index (χ2n) is 8.09. The van der Waals surface area contributed by atoms with Crippen LogP contribution in [-0.2, 0) is 9.59 Å². The second-order valence-corrected chi connectivity index (χ2v) is 8.09. The van der Waals surface area contributed by atoms with Gasteiger partial charge < -0.3 is 25.4 Å². The minimum absolute atomic E-state index is 0.0452. The maximum absolute atomic E-state index is 12.8. The summed E-state index contributed by atoms with van der Waals surface area (Å²) in [5.74, 6) is 1.64. The highest BCUT2D eigenvalue weighted by Crippen LogP contribution is 2.31. The van der Waals surface area contributed by atoms with Crippen LogP contribution in [0.3, 0.4) is 0 Å². The van der Waals surface area contributed by atoms with E-state index in [0.717, 1.165) is 32.1 Å². The van der Waals surface area contributed by atoms with E-state index in [9.17, 15) is 9.59 Å². The van der Waals surface area contributed by atoms with Gasteiger partial charge in [-0.1, -0.05) is 18.6 Å². The molecule has 0 radical (unpaired) electrons. The summed E-state index contributed by atoms with van der Waals surface area (Å²) in [4.78, 5) is 26.9. The Labute approximate surface area is 165 Å². The monoisotopic (exact) mass is 387 g/mol. The molecule has 3 aliphatic rings. The molecule has 3 atom stereocenters. The van der Waals surface area contributed by atoms with Crippen molar-refractivity contribution in [3.05, 3.63) is 24.3 Å². The quantitative estimate of drug-likeness (QED) is 0.816. The largest absolute Gasteiger partial charge is 0.485 e. The van der Waals surface area contributed by atoms with Gasteiger partial charge >= 0.3 is 0 Å². The number of benzene rings is 1. The van der Waals surface area contributed by atoms with E-state index in [-0.39, 0.29) is 30.5 Å². The molecule has 7 heteroatoms. The first kappa shape index (κ1) is 19.1. The van der Waals surface area contributed by atoms with Crippen LogP contribution in [0.1, 0.15) is 38.5 Å². The number of carbonyl (C=O) groups excluding carboxylic acids is 2. The first-order valence-corrected chi connectivity index (χ1v) is 10.3. The molecule has 0 aromatic heterocycles. The molecule has 1 saturated carbocycles. The number of nitrogens with two attached hydrogens (primary N) is 1. The molecular formula is C21H29N3O4. The van der Waals surface area contributed by atoms with Crippen LogP contribution >= 0.6 is 0 Å². The third-order valence-electron chi connectivity index (χ3n) is 6.12. The van der Waals surface area contributed by atoms with Gasteiger partial charge in [0.25, 0.3) is 5.91 Å². The average Bonchev–Trinajstić information content (AvgIpc) is 3.12. The smallest absolute Gasteiger partial charge is 0.267 e. The van der Waals surface area contributed by atoms with Gasteiger partial charge in [0.2, 0.25) is 12.0 Å². The number of fused-ring (bicyclic) bond motifs is 1. The minimum Gasteiger partial charge on any atom is -0.485 e. The fourth-order valence-electron chi connectivity index (χ4n) is 4.43. The molecule has 1 aromatic carbocycles. The van der Waals surface area contributed by atoms with Crippen molar-refractivity contribution in [1.82, 2.24) is 10.2 Å². The Hall–Kier alpha value is -2.28. The van der Waals surface area contributed by atoms with E-state index >= 15 is 0 Å². The number of hydrogen-bond acceptors (Lipinski definition) is 5. The van der Waals surface area contributed by atoms with Crippen LogP contribution < -0.4 is 20.5 Å². The van der Waals surface area contributed by atoms with E-state index < -0.39 is 6.10 Å². The SMILES string of the molecule is N[C@@H]1CCC[C@H]1CC(=O)NC1CCN(C(=O)C2COc3ccccc3O2)CC1. The van der Waals surface area contributed by atoms with Gasteiger partial charge in [-0.15, -0.1) is 0 Å². The maximum atomic E-state index is 12.8. The van der Waals surface area contributed by atoms with Crippen LogP contribution in [0.2, 0.25) is 0 Å². The van der Waals surface area contributed by atoms with Crippen LogP contribution in [0.25, 0.3) is 0 Å². The third-order valence-corrected chi connectivity index (χ3v) is 6.12. The number of likely N-dealkylation sites (tertiary alicyclic amines) is 1. The summed E-state index contributed by atoms with van der Waals surface area (Å²) in [5, 5.41) is 3.13. The molecule has 2 fully saturated rings. The van der Waals surface area contributed by atoms with Crippen LogP contribution in [0, 0.1) is 5.92 Å². The summed E-state index contributed by atoms with van der Waals surface area (Å²) >= 11 is 0. The Bertz CT molecular complexity index is 717. The molecule has 3 N–H and O–H groups in total. The van der Waals surface area contributed by atoms with Crippen molar-refractivity contribution in [2.24, 2.45) is 11.7 Å². The number of nitrogens with one attached hydrogen (secondary N) is 1. The van der Waals surface area contributed by atoms with Crippen molar-refractivity contribution in [1.29, 1.82) is 0 Å². The molecule has 1 aromatic rings. The molecule has 1 aliphatic carbocycles. The van der Waals surface area contributed by atoms with Crippen molar-refractivity contribution in [3.63, 3.8) is 0 Å². The summed E-state index contributed by atoms with van der Waals surface area (Å²) in [6, 6.07) is 7.67. The summed E-state index contributed by atoms with van der Waals surface area (Å²) in [6.45, 7) is 1.47. The zero-order valence-electron chi connectivity index (χ0n) is 16.1. The standard InChI is InChI=1S/C21H29N3O4/c22-16-5-3-4-14(16)12-20(25)23-15-8-10-24(11-9-15)21(26)19-13-27-17-6-1-2-7-18(17)28-19/h1-2,6-7,14-16,19H,3-5,8-13,22H2,(H,23,25)/t14-,16+,19?/m0/s1. The molecule has 7 nitrogen and oxygen atoms in total. The first-order valence-electron chi connectivity index (χ1n) is 10.3. The molecular weight excluding hydrogens is 358 g/mol. The van der Waals surface area contributed by atoms with E-state index in [0.29, 0.717) is 36.9 Å². The van der Waals surface area contributed by atoms with Gasteiger partial charge in [-0.3, -0.25) is 9.59 Å². The van der Waals surface area contributed by atoms with Crippen LogP contribution in [0.5, 0.6) is 11.5 Å². The number of ether oxygens (including phenoxy) is 2. The molecule has 1 unspecified atom stereocenters. The van der Waals surface area contributed by atoms with Crippen molar-refractivity contribution in [2.45, 2.75) is 56.7 Å². The van der Waals surface area contributed by atoms with Crippen molar-refractivity contribution < 1.29 is 19.1 Å². The zero-order chi connectivity index (χ0) is 19.5. The van der Waals surface area contributed by atoms with Gasteiger partial charge in [0.15, 0.2) is 11.5 Å². The minimum atomic E-state index is -0.607. The number of amides is 2. The molecule has 0 spiro atoms. The maximum Gasteiger partial charge on any atom is 0.267 e. The van der Waals surface area contributed by atoms with Crippen molar-refractivity contribution >= 4 is 11.8 Å². The Morgan fingerprint density at radius 2 is 1.86 bits per heavy atom. The second kappa shape index (κ2) is 8.39. The van der Waals surface area contributed by atoms with Crippen molar-refractivity contribution in [3.8, 4) is 11.5 Å². The zero-order valence-corrected chi connectivity index (χ0v) is 16.1. The van der Waals surface area contributed by atoms with Crippen LogP contribution in [0.15, 0.2) is 24.3 Å². The fraction of sp³-hybridized carbons (Fsp3) is 0.619. The number of hydrogen-bond donors (Lipinski definition) is 2. The molecule has 2 aliphatic heterocycles. The highest BCUT2D eigenvalue weighted by atomic mass is 16.6. The Balaban J connectivity index is 1.23. The summed E-state index contributed by atoms with van der Waals surface area (Å²) in [5.41, 5.74) is 6.07. The average molecular weight is 387 g/mol. The number of carbonyl (C=O) groups is 2. The molecule has 28 heavy (non-hydrogen) atoms. The Morgan fingerprint density at radius 1 is 1.11 bits per heavy atom. The highest BCUT2D eigenvalue weighted by Gasteiger charge is 2.33. The van der Waals surface area contributed by atoms with Gasteiger partial charge in [-0.25, -0.2) is 0 Å². The van der Waals surface area contributed by atoms with Gasteiger partial charge in [-0.2, -0.15) is 0 Å². The number of nitrogens with zero attached hydrogens (tertiary/aromatic N) is 1. The summed E-state index contributed by atoms with van der Waals surface area (Å²) in [6.07, 6.45) is 4.63. The van der Waals surface area contributed by atoms with Crippen LogP contribution in [0.4, 0.5) is 0 Å². The summed E-state index contributed by atoms with van der Waals surface area (Å²) in [7, 11) is 0. The topological polar surface area (TPSA) is 93.9 Å². The molecule has 4 rings (SSSR count). The van der Waals surface area contributed by atoms with Gasteiger partial charge in [0.05, 0.1) is 0 Å². The van der Waals surface area contributed by atoms with Gasteiger partial charge in [-0.05, 0) is 43.7 Å². The van der Waals surface area contributed by atoms with E-state index in [1.165, 1.54) is 0 Å². The Morgan fingerprint density at radius 3 is 2.57 bits per heavy atom. The predicted molar refractivity (Wildman–Crippen MR) is 104 cm³/mol. The van der Waals surface area contributed by atoms with E-state index in [2.05, 4.69) is 5.32 Å². The lowest BCUT2D eigenvalue weighted by molar-refractivity contribution is -0.142. The molecule has 2 heterocycles. The lowest BCUT2D eigenvalue weighted by Crippen LogP contribution is -2.52. The molecule has 0 bridgehead atoms. The lowest BCUT2D eigenvalue weighted by Gasteiger charge is -2.35. The molecule has 152 valence electrons. The van der Waals surface area contributed by atoms with Crippen molar-refractivity contribution in [2.75, 3.05) is 19.7 Å². The molecule has 1 saturated heterocycles. The highest BCUT2D eigenvalue weighted by molar-refractivity contribution is 5.82. The van der Waals surface area contributed by atoms with E-state index in [4.69, 9.17) is 15.2 Å². The number of para-hydroxylation sites is 2. The molecule has 2 amide bonds. The van der Waals surface area contributed by atoms with Gasteiger partial charge in [0, 0.05) is 31.6 Å². The third kappa shape index (κ3) is 4.24. The Kier molecular flexibility index (Phi) is 5.71. The first-order chi connectivity index (χ1) is 13.6. The predicted octanol–water partition coefficient (Wildman–Crippen LogP) is 1.45. The van der Waals surface area contributed by atoms with E-state index in [1.54, 1.807) is 0 Å². The van der Waals surface area contributed by atoms with Gasteiger partial charge in [0.1, 0.15) is 6.61 Å². The van der Waals surface area contributed by atoms with E-state index in [1.807, 2.05) is 29.2 Å². The normalized spacial score (nSPS) is 27.5. The van der Waals surface area contributed by atoms with Crippen LogP contribution in [-0.4, -0.2) is 54.6 Å². The number of rotatable bonds is 4. The summed E-state index contributed by atoms with van der Waals surface area (Å²) < 4.78 is 11.5. The number of piperidine rings is 1. The lowest BCUT2D eigenvalue weighted by atomic mass is 9.98. The fourth-order valence-corrected chi connectivity index (χ4v) is 4.43.